The Morgan fingerprint density at radius 2 is 1.70 bits per heavy atom. The van der Waals surface area contributed by atoms with Crippen LogP contribution in [-0.4, -0.2) is 126 Å². The largest absolute Gasteiger partial charge is 0.400 e. The number of rotatable bonds is 10. The average molecular weight is 759 g/mol. The second-order valence-electron chi connectivity index (χ2n) is 17.2. The molecule has 3 aliphatic carbocycles. The number of hydroxylamine groups is 2. The molecule has 11 heteroatoms. The summed E-state index contributed by atoms with van der Waals surface area (Å²) in [4.78, 5) is 28.2. The van der Waals surface area contributed by atoms with Crippen molar-refractivity contribution in [1.82, 2.24) is 15.3 Å². The molecule has 5 N–H and O–H groups in total. The van der Waals surface area contributed by atoms with Crippen molar-refractivity contribution in [1.29, 1.82) is 0 Å². The summed E-state index contributed by atoms with van der Waals surface area (Å²) in [6.07, 6.45) is 17.2. The van der Waals surface area contributed by atoms with Crippen LogP contribution in [0.15, 0.2) is 0 Å². The number of ether oxygens (including phenoxy) is 2. The summed E-state index contributed by atoms with van der Waals surface area (Å²) in [7, 11) is 9.15. The summed E-state index contributed by atoms with van der Waals surface area (Å²) in [5.74, 6) is 4.16. The number of aliphatic hydroxyl groups is 2. The van der Waals surface area contributed by atoms with Gasteiger partial charge in [-0.3, -0.25) is 9.63 Å². The third-order valence-corrected chi connectivity index (χ3v) is 11.4. The van der Waals surface area contributed by atoms with Crippen molar-refractivity contribution < 1.29 is 34.1 Å². The molecular weight excluding hydrogens is 672 g/mol. The van der Waals surface area contributed by atoms with Crippen LogP contribution in [0, 0.1) is 46.8 Å². The lowest BCUT2D eigenvalue weighted by Crippen LogP contribution is -2.47. The van der Waals surface area contributed by atoms with Crippen LogP contribution in [0.4, 0.5) is 0 Å². The maximum atomic E-state index is 11.6. The zero-order valence-electron chi connectivity index (χ0n) is 36.1. The van der Waals surface area contributed by atoms with Crippen molar-refractivity contribution in [3.05, 3.63) is 0 Å². The summed E-state index contributed by atoms with van der Waals surface area (Å²) >= 11 is 0. The molecule has 0 radical (unpaired) electrons. The minimum atomic E-state index is 0.0889. The van der Waals surface area contributed by atoms with Crippen molar-refractivity contribution in [3.8, 4) is 0 Å². The quantitative estimate of drug-likeness (QED) is 0.202. The smallest absolute Gasteiger partial charge is 0.204 e. The van der Waals surface area contributed by atoms with Gasteiger partial charge < -0.3 is 40.4 Å². The van der Waals surface area contributed by atoms with E-state index in [0.717, 1.165) is 77.3 Å². The van der Waals surface area contributed by atoms with E-state index in [2.05, 4.69) is 69.7 Å². The summed E-state index contributed by atoms with van der Waals surface area (Å²) in [5, 5.41) is 20.0. The molecule has 2 saturated heterocycles. The van der Waals surface area contributed by atoms with Crippen molar-refractivity contribution in [2.24, 2.45) is 52.6 Å². The highest BCUT2D eigenvalue weighted by molar-refractivity contribution is 5.55. The lowest BCUT2D eigenvalue weighted by atomic mass is 9.63. The molecule has 5 rings (SSSR count). The molecule has 5 aliphatic rings. The number of hydrogen-bond acceptors (Lipinski definition) is 10. The number of carbonyl (C=O) groups is 2. The molecule has 0 spiro atoms. The van der Waals surface area contributed by atoms with E-state index in [1.807, 2.05) is 14.2 Å². The average Bonchev–Trinajstić information content (AvgIpc) is 3.81. The SMILES string of the molecule is CC1CCCC(C)(C)C1.CCO.CNC(CC(C)C)CN(C)C.CO.COC1C(CN2CCCO2)CCCC1C1CC(C=O)C2OCCC2C1.NC=O. The number of fused-ring (bicyclic) bond motifs is 1. The molecule has 3 saturated carbocycles. The Balaban J connectivity index is 0.000000802. The summed E-state index contributed by atoms with van der Waals surface area (Å²) in [6, 6.07) is 0.644. The number of likely N-dealkylation sites (N-methyl/N-ethyl adjacent to an activating group) is 2. The number of hydrogen-bond donors (Lipinski definition) is 4. The van der Waals surface area contributed by atoms with Gasteiger partial charge in [0.2, 0.25) is 6.41 Å². The number of amides is 1. The predicted molar refractivity (Wildman–Crippen MR) is 217 cm³/mol. The van der Waals surface area contributed by atoms with Gasteiger partial charge >= 0.3 is 0 Å². The van der Waals surface area contributed by atoms with Crippen LogP contribution in [-0.2, 0) is 23.9 Å². The number of nitrogens with one attached hydrogen (secondary N) is 1. The predicted octanol–water partition coefficient (Wildman–Crippen LogP) is 5.80. The van der Waals surface area contributed by atoms with Gasteiger partial charge in [0.15, 0.2) is 0 Å². The van der Waals surface area contributed by atoms with Crippen molar-refractivity contribution >= 4 is 12.7 Å². The molecule has 2 aliphatic heterocycles. The van der Waals surface area contributed by atoms with E-state index >= 15 is 0 Å². The van der Waals surface area contributed by atoms with Gasteiger partial charge in [-0.1, -0.05) is 53.9 Å². The molecule has 9 atom stereocenters. The van der Waals surface area contributed by atoms with Gasteiger partial charge in [0.25, 0.3) is 0 Å². The number of nitrogens with two attached hydrogens (primary N) is 1. The van der Waals surface area contributed by atoms with E-state index < -0.39 is 0 Å². The standard InChI is InChI=1S/C20H33NO4.C9H22N2.C9H18.C2H6O.CH3NO.CH4O/c1-23-20-15(12-21-7-3-8-25-21)4-2-5-18(20)16-10-14-6-9-24-19(14)17(11-16)13-22;1-8(2)6-9(10-3)7-11(4)5;1-8-5-4-6-9(2,3)7-8;1-2-3;2-1-3;1-2/h13-20H,2-12H2,1H3;8-10H,6-7H2,1-5H3;8H,4-7H2,1-3H3;3H,2H2,1H3;1H,(H2,2,3);2H,1H3. The van der Waals surface area contributed by atoms with Crippen molar-refractivity contribution in [3.63, 3.8) is 0 Å². The first-order valence-electron chi connectivity index (χ1n) is 20.8. The van der Waals surface area contributed by atoms with Gasteiger partial charge in [0, 0.05) is 64.9 Å². The molecule has 1 amide bonds. The van der Waals surface area contributed by atoms with Crippen LogP contribution < -0.4 is 11.1 Å². The Labute approximate surface area is 325 Å². The van der Waals surface area contributed by atoms with E-state index in [0.29, 0.717) is 41.2 Å². The molecule has 0 aromatic heterocycles. The molecule has 53 heavy (non-hydrogen) atoms. The van der Waals surface area contributed by atoms with Gasteiger partial charge in [0.1, 0.15) is 6.29 Å². The highest BCUT2D eigenvalue weighted by Crippen LogP contribution is 2.48. The lowest BCUT2D eigenvalue weighted by Gasteiger charge is -2.46. The van der Waals surface area contributed by atoms with E-state index in [1.54, 1.807) is 6.92 Å². The Kier molecular flexibility index (Phi) is 29.4. The minimum Gasteiger partial charge on any atom is -0.400 e. The van der Waals surface area contributed by atoms with E-state index in [9.17, 15) is 4.79 Å². The molecule has 0 aromatic carbocycles. The molecule has 316 valence electrons. The molecule has 9 unspecified atom stereocenters. The zero-order chi connectivity index (χ0) is 40.4. The van der Waals surface area contributed by atoms with Crippen LogP contribution in [0.1, 0.15) is 119 Å². The van der Waals surface area contributed by atoms with Crippen LogP contribution >= 0.6 is 0 Å². The van der Waals surface area contributed by atoms with Crippen LogP contribution in [0.3, 0.4) is 0 Å². The Morgan fingerprint density at radius 1 is 1.04 bits per heavy atom. The third-order valence-electron chi connectivity index (χ3n) is 11.4. The Bertz CT molecular complexity index is 880. The monoisotopic (exact) mass is 759 g/mol. The molecular formula is C42H86N4O7. The Morgan fingerprint density at radius 3 is 2.17 bits per heavy atom. The maximum Gasteiger partial charge on any atom is 0.204 e. The number of carbonyl (C=O) groups excluding carboxylic acids is 2. The van der Waals surface area contributed by atoms with Crippen LogP contribution in [0.2, 0.25) is 0 Å². The molecule has 0 bridgehead atoms. The van der Waals surface area contributed by atoms with Crippen molar-refractivity contribution in [2.45, 2.75) is 137 Å². The van der Waals surface area contributed by atoms with Crippen molar-refractivity contribution in [2.75, 3.05) is 74.8 Å². The van der Waals surface area contributed by atoms with E-state index in [-0.39, 0.29) is 25.0 Å². The number of methoxy groups -OCH3 is 1. The first kappa shape index (κ1) is 51.8. The van der Waals surface area contributed by atoms with Gasteiger partial charge in [-0.25, -0.2) is 0 Å². The zero-order valence-corrected chi connectivity index (χ0v) is 36.1. The molecule has 5 fully saturated rings. The fourth-order valence-electron chi connectivity index (χ4n) is 9.47. The third kappa shape index (κ3) is 21.1. The normalized spacial score (nSPS) is 30.9. The second-order valence-corrected chi connectivity index (χ2v) is 17.2. The molecule has 11 nitrogen and oxygen atoms in total. The number of aliphatic hydroxyl groups excluding tert-OH is 2. The molecule has 2 heterocycles. The lowest BCUT2D eigenvalue weighted by molar-refractivity contribution is -0.145. The van der Waals surface area contributed by atoms with Gasteiger partial charge in [0.05, 0.1) is 18.8 Å². The first-order chi connectivity index (χ1) is 25.3. The maximum absolute atomic E-state index is 11.6. The highest BCUT2D eigenvalue weighted by atomic mass is 16.7. The topological polar surface area (TPSA) is 147 Å². The highest BCUT2D eigenvalue weighted by Gasteiger charge is 2.47. The second kappa shape index (κ2) is 30.0. The Hall–Kier alpha value is -1.18. The van der Waals surface area contributed by atoms with E-state index in [1.165, 1.54) is 57.8 Å². The van der Waals surface area contributed by atoms with Crippen LogP contribution in [0.25, 0.3) is 0 Å². The first-order valence-corrected chi connectivity index (χ1v) is 20.8. The summed E-state index contributed by atoms with van der Waals surface area (Å²) in [5.41, 5.74) is 4.82. The van der Waals surface area contributed by atoms with Gasteiger partial charge in [-0.15, -0.1) is 0 Å². The number of nitrogens with zero attached hydrogens (tertiary/aromatic N) is 2. The summed E-state index contributed by atoms with van der Waals surface area (Å²) in [6.45, 7) is 18.5. The van der Waals surface area contributed by atoms with E-state index in [4.69, 9.17) is 29.3 Å². The van der Waals surface area contributed by atoms with Gasteiger partial charge in [-0.05, 0) is 121 Å². The number of primary amides is 1. The number of aldehydes is 1. The van der Waals surface area contributed by atoms with Gasteiger partial charge in [-0.2, -0.15) is 5.06 Å². The van der Waals surface area contributed by atoms with Crippen LogP contribution in [0.5, 0.6) is 0 Å². The fraction of sp³-hybridized carbons (Fsp3) is 0.952. The minimum absolute atomic E-state index is 0.0889. The molecule has 0 aromatic rings. The summed E-state index contributed by atoms with van der Waals surface area (Å²) < 4.78 is 11.9. The fourth-order valence-corrected chi connectivity index (χ4v) is 9.47.